The van der Waals surface area contributed by atoms with Gasteiger partial charge in [-0.3, -0.25) is 0 Å². The average Bonchev–Trinajstić information content (AvgIpc) is 2.41. The minimum atomic E-state index is -0.355. The summed E-state index contributed by atoms with van der Waals surface area (Å²) < 4.78 is 13.2. The number of rotatable bonds is 4. The summed E-state index contributed by atoms with van der Waals surface area (Å²) in [5.41, 5.74) is 2.38. The Morgan fingerprint density at radius 2 is 2.00 bits per heavy atom. The summed E-state index contributed by atoms with van der Waals surface area (Å²) >= 11 is 6.18. The molecule has 1 aromatic carbocycles. The molecule has 0 aliphatic heterocycles. The van der Waals surface area contributed by atoms with Crippen LogP contribution in [0.2, 0.25) is 5.02 Å². The molecule has 0 fully saturated rings. The number of nitrogens with one attached hydrogen (secondary N) is 1. The molecule has 0 spiro atoms. The molecule has 0 bridgehead atoms. The van der Waals surface area contributed by atoms with E-state index in [1.54, 1.807) is 6.07 Å². The van der Waals surface area contributed by atoms with Gasteiger partial charge in [-0.2, -0.15) is 0 Å². The largest absolute Gasteiger partial charge is 0.370 e. The molecular weight excluding hydrogens is 289 g/mol. The average molecular weight is 308 g/mol. The quantitative estimate of drug-likeness (QED) is 0.881. The Balaban J connectivity index is 2.66. The van der Waals surface area contributed by atoms with Gasteiger partial charge in [0.05, 0.1) is 10.7 Å². The van der Waals surface area contributed by atoms with Crippen molar-refractivity contribution in [1.29, 1.82) is 0 Å². The normalized spacial score (nSPS) is 11.0. The highest BCUT2D eigenvalue weighted by Gasteiger charge is 2.16. The van der Waals surface area contributed by atoms with E-state index in [-0.39, 0.29) is 11.7 Å². The van der Waals surface area contributed by atoms with Gasteiger partial charge in [0.15, 0.2) is 0 Å². The lowest BCUT2D eigenvalue weighted by molar-refractivity contribution is 0.628. The summed E-state index contributed by atoms with van der Waals surface area (Å²) in [5.74, 6) is 1.38. The monoisotopic (exact) mass is 307 g/mol. The van der Waals surface area contributed by atoms with Gasteiger partial charge < -0.3 is 5.32 Å². The zero-order valence-corrected chi connectivity index (χ0v) is 13.4. The van der Waals surface area contributed by atoms with Crippen LogP contribution in [0.15, 0.2) is 18.2 Å². The van der Waals surface area contributed by atoms with Crippen molar-refractivity contribution in [2.75, 3.05) is 11.9 Å². The van der Waals surface area contributed by atoms with Gasteiger partial charge in [0.25, 0.3) is 0 Å². The van der Waals surface area contributed by atoms with Crippen molar-refractivity contribution < 1.29 is 4.39 Å². The van der Waals surface area contributed by atoms with Gasteiger partial charge in [-0.1, -0.05) is 25.4 Å². The van der Waals surface area contributed by atoms with Gasteiger partial charge in [-0.15, -0.1) is 0 Å². The molecule has 0 atom stereocenters. The van der Waals surface area contributed by atoms with E-state index < -0.39 is 0 Å². The molecule has 0 aliphatic rings. The topological polar surface area (TPSA) is 37.8 Å². The molecule has 0 saturated heterocycles. The summed E-state index contributed by atoms with van der Waals surface area (Å²) in [4.78, 5) is 9.17. The fourth-order valence-electron chi connectivity index (χ4n) is 2.08. The summed E-state index contributed by atoms with van der Waals surface area (Å²) in [6.45, 7) is 8.80. The minimum Gasteiger partial charge on any atom is -0.370 e. The smallest absolute Gasteiger partial charge is 0.133 e. The van der Waals surface area contributed by atoms with Crippen LogP contribution in [0.25, 0.3) is 11.3 Å². The lowest BCUT2D eigenvalue weighted by atomic mass is 10.1. The first-order chi connectivity index (χ1) is 9.93. The third-order valence-corrected chi connectivity index (χ3v) is 3.52. The maximum absolute atomic E-state index is 13.2. The number of benzene rings is 1. The van der Waals surface area contributed by atoms with Gasteiger partial charge in [-0.25, -0.2) is 14.4 Å². The molecule has 0 amide bonds. The molecule has 0 aliphatic carbocycles. The third kappa shape index (κ3) is 3.32. The number of nitrogens with zero attached hydrogens (tertiary/aromatic N) is 2. The van der Waals surface area contributed by atoms with Crippen LogP contribution in [0.5, 0.6) is 0 Å². The van der Waals surface area contributed by atoms with E-state index in [2.05, 4.69) is 15.3 Å². The van der Waals surface area contributed by atoms with Crippen molar-refractivity contribution in [1.82, 2.24) is 9.97 Å². The SMILES string of the molecule is CCNc1nc(C(C)C)nc(-c2ccc(F)cc2Cl)c1C. The Morgan fingerprint density at radius 3 is 2.57 bits per heavy atom. The first-order valence-corrected chi connectivity index (χ1v) is 7.39. The third-order valence-electron chi connectivity index (χ3n) is 3.21. The first-order valence-electron chi connectivity index (χ1n) is 7.01. The Morgan fingerprint density at radius 1 is 1.29 bits per heavy atom. The second-order valence-corrected chi connectivity index (χ2v) is 5.62. The van der Waals surface area contributed by atoms with Crippen molar-refractivity contribution >= 4 is 17.4 Å². The molecule has 112 valence electrons. The highest BCUT2D eigenvalue weighted by molar-refractivity contribution is 6.33. The predicted molar refractivity (Wildman–Crippen MR) is 85.4 cm³/mol. The van der Waals surface area contributed by atoms with Gasteiger partial charge in [0, 0.05) is 23.6 Å². The highest BCUT2D eigenvalue weighted by atomic mass is 35.5. The number of aromatic nitrogens is 2. The van der Waals surface area contributed by atoms with Gasteiger partial charge >= 0.3 is 0 Å². The van der Waals surface area contributed by atoms with Crippen molar-refractivity contribution in [2.24, 2.45) is 0 Å². The van der Waals surface area contributed by atoms with Crippen LogP contribution in [-0.4, -0.2) is 16.5 Å². The van der Waals surface area contributed by atoms with Crippen LogP contribution in [0.1, 0.15) is 38.1 Å². The van der Waals surface area contributed by atoms with Crippen molar-refractivity contribution in [3.8, 4) is 11.3 Å². The molecule has 1 heterocycles. The van der Waals surface area contributed by atoms with Crippen LogP contribution in [0.3, 0.4) is 0 Å². The molecule has 3 nitrogen and oxygen atoms in total. The maximum Gasteiger partial charge on any atom is 0.133 e. The first kappa shape index (κ1) is 15.7. The van der Waals surface area contributed by atoms with E-state index in [1.165, 1.54) is 12.1 Å². The van der Waals surface area contributed by atoms with Crippen LogP contribution < -0.4 is 5.32 Å². The molecule has 1 N–H and O–H groups in total. The lowest BCUT2D eigenvalue weighted by Gasteiger charge is -2.15. The standard InChI is InChI=1S/C16H19ClFN3/c1-5-19-16-10(4)14(20-15(21-16)9(2)3)12-7-6-11(18)8-13(12)17/h6-9H,5H2,1-4H3,(H,19,20,21). The van der Waals surface area contributed by atoms with Crippen molar-refractivity contribution in [3.05, 3.63) is 40.4 Å². The van der Waals surface area contributed by atoms with Crippen molar-refractivity contribution in [2.45, 2.75) is 33.6 Å². The lowest BCUT2D eigenvalue weighted by Crippen LogP contribution is -2.09. The van der Waals surface area contributed by atoms with Crippen LogP contribution in [0, 0.1) is 12.7 Å². The predicted octanol–water partition coefficient (Wildman–Crippen LogP) is 4.80. The molecule has 1 aromatic heterocycles. The molecule has 0 radical (unpaired) electrons. The molecule has 21 heavy (non-hydrogen) atoms. The summed E-state index contributed by atoms with van der Waals surface area (Å²) in [6.07, 6.45) is 0. The van der Waals surface area contributed by atoms with Gasteiger partial charge in [-0.05, 0) is 32.0 Å². The van der Waals surface area contributed by atoms with Gasteiger partial charge in [0.1, 0.15) is 17.5 Å². The molecular formula is C16H19ClFN3. The zero-order chi connectivity index (χ0) is 15.6. The Labute approximate surface area is 129 Å². The van der Waals surface area contributed by atoms with Crippen LogP contribution in [0.4, 0.5) is 10.2 Å². The second kappa shape index (κ2) is 6.39. The zero-order valence-electron chi connectivity index (χ0n) is 12.7. The number of anilines is 1. The minimum absolute atomic E-state index is 0.195. The van der Waals surface area contributed by atoms with E-state index >= 15 is 0 Å². The number of halogens is 2. The van der Waals surface area contributed by atoms with E-state index in [0.29, 0.717) is 5.02 Å². The van der Waals surface area contributed by atoms with E-state index in [4.69, 9.17) is 11.6 Å². The highest BCUT2D eigenvalue weighted by Crippen LogP contribution is 2.32. The number of hydrogen-bond acceptors (Lipinski definition) is 3. The Hall–Kier alpha value is -1.68. The van der Waals surface area contributed by atoms with E-state index in [9.17, 15) is 4.39 Å². The van der Waals surface area contributed by atoms with Crippen LogP contribution >= 0.6 is 11.6 Å². The molecule has 2 rings (SSSR count). The molecule has 0 saturated carbocycles. The van der Waals surface area contributed by atoms with E-state index in [0.717, 1.165) is 35.0 Å². The Kier molecular flexibility index (Phi) is 4.78. The molecule has 5 heteroatoms. The Bertz CT molecular complexity index is 656. The summed E-state index contributed by atoms with van der Waals surface area (Å²) in [7, 11) is 0. The van der Waals surface area contributed by atoms with Crippen molar-refractivity contribution in [3.63, 3.8) is 0 Å². The van der Waals surface area contributed by atoms with Crippen LogP contribution in [-0.2, 0) is 0 Å². The van der Waals surface area contributed by atoms with Gasteiger partial charge in [0.2, 0.25) is 0 Å². The second-order valence-electron chi connectivity index (χ2n) is 5.21. The fraction of sp³-hybridized carbons (Fsp3) is 0.375. The summed E-state index contributed by atoms with van der Waals surface area (Å²) in [6, 6.07) is 4.36. The fourth-order valence-corrected chi connectivity index (χ4v) is 2.33. The summed E-state index contributed by atoms with van der Waals surface area (Å²) in [5, 5.41) is 3.60. The molecule has 0 unspecified atom stereocenters. The number of hydrogen-bond donors (Lipinski definition) is 1. The molecule has 2 aromatic rings. The maximum atomic E-state index is 13.2. The van der Waals surface area contributed by atoms with E-state index in [1.807, 2.05) is 27.7 Å².